The number of carbonyl (C=O) groups is 1. The van der Waals surface area contributed by atoms with Crippen LogP contribution >= 0.6 is 0 Å². The van der Waals surface area contributed by atoms with Gasteiger partial charge in [-0.3, -0.25) is 4.79 Å². The fourth-order valence-corrected chi connectivity index (χ4v) is 2.35. The van der Waals surface area contributed by atoms with Gasteiger partial charge in [0.1, 0.15) is 0 Å². The van der Waals surface area contributed by atoms with Gasteiger partial charge in [-0.05, 0) is 19.8 Å². The number of aliphatic hydroxyl groups excluding tert-OH is 1. The summed E-state index contributed by atoms with van der Waals surface area (Å²) in [6.45, 7) is 2.16. The van der Waals surface area contributed by atoms with Crippen LogP contribution in [0.15, 0.2) is 0 Å². The molecule has 0 bridgehead atoms. The minimum Gasteiger partial charge on any atom is -0.394 e. The molecule has 1 unspecified atom stereocenters. The Labute approximate surface area is 91.4 Å². The SMILES string of the molecule is CNC(=O)CC(C)NC1(CO)CCCC1. The Kier molecular flexibility index (Phi) is 4.54. The van der Waals surface area contributed by atoms with Crippen LogP contribution in [0.5, 0.6) is 0 Å². The molecular weight excluding hydrogens is 192 g/mol. The highest BCUT2D eigenvalue weighted by Crippen LogP contribution is 2.29. The second-order valence-corrected chi connectivity index (χ2v) is 4.57. The lowest BCUT2D eigenvalue weighted by Gasteiger charge is -2.31. The van der Waals surface area contributed by atoms with E-state index in [1.54, 1.807) is 7.05 Å². The lowest BCUT2D eigenvalue weighted by atomic mass is 9.97. The number of hydrogen-bond acceptors (Lipinski definition) is 3. The van der Waals surface area contributed by atoms with Crippen molar-refractivity contribution in [3.8, 4) is 0 Å². The van der Waals surface area contributed by atoms with E-state index in [0.717, 1.165) is 12.8 Å². The second kappa shape index (κ2) is 5.47. The average molecular weight is 214 g/mol. The Hall–Kier alpha value is -0.610. The van der Waals surface area contributed by atoms with Crippen LogP contribution in [0.2, 0.25) is 0 Å². The van der Waals surface area contributed by atoms with E-state index in [1.807, 2.05) is 6.92 Å². The monoisotopic (exact) mass is 214 g/mol. The summed E-state index contributed by atoms with van der Waals surface area (Å²) in [6, 6.07) is 0.121. The van der Waals surface area contributed by atoms with Crippen LogP contribution in [0.25, 0.3) is 0 Å². The quantitative estimate of drug-likeness (QED) is 0.621. The predicted molar refractivity (Wildman–Crippen MR) is 59.6 cm³/mol. The summed E-state index contributed by atoms with van der Waals surface area (Å²) in [5.41, 5.74) is -0.132. The molecule has 15 heavy (non-hydrogen) atoms. The van der Waals surface area contributed by atoms with Gasteiger partial charge < -0.3 is 15.7 Å². The molecule has 0 aromatic rings. The molecule has 0 heterocycles. The number of hydrogen-bond donors (Lipinski definition) is 3. The molecule has 88 valence electrons. The summed E-state index contributed by atoms with van der Waals surface area (Å²) in [5.74, 6) is 0.0427. The van der Waals surface area contributed by atoms with Crippen LogP contribution in [-0.4, -0.2) is 36.2 Å². The average Bonchev–Trinajstić information content (AvgIpc) is 2.66. The molecule has 3 N–H and O–H groups in total. The molecule has 4 nitrogen and oxygen atoms in total. The maximum atomic E-state index is 11.2. The van der Waals surface area contributed by atoms with Crippen molar-refractivity contribution in [3.05, 3.63) is 0 Å². The minimum atomic E-state index is -0.132. The first-order valence-electron chi connectivity index (χ1n) is 5.71. The van der Waals surface area contributed by atoms with Crippen LogP contribution in [0.4, 0.5) is 0 Å². The van der Waals surface area contributed by atoms with E-state index in [0.29, 0.717) is 6.42 Å². The van der Waals surface area contributed by atoms with Gasteiger partial charge in [-0.2, -0.15) is 0 Å². The number of rotatable bonds is 5. The van der Waals surface area contributed by atoms with Crippen molar-refractivity contribution in [3.63, 3.8) is 0 Å². The van der Waals surface area contributed by atoms with E-state index in [1.165, 1.54) is 12.8 Å². The Bertz CT molecular complexity index is 213. The molecule has 0 aliphatic heterocycles. The van der Waals surface area contributed by atoms with Crippen molar-refractivity contribution in [1.29, 1.82) is 0 Å². The van der Waals surface area contributed by atoms with Gasteiger partial charge in [-0.25, -0.2) is 0 Å². The minimum absolute atomic E-state index is 0.0427. The van der Waals surface area contributed by atoms with Crippen LogP contribution < -0.4 is 10.6 Å². The lowest BCUT2D eigenvalue weighted by molar-refractivity contribution is -0.121. The Balaban J connectivity index is 2.41. The first-order valence-corrected chi connectivity index (χ1v) is 5.71. The number of amides is 1. The Morgan fingerprint density at radius 1 is 1.47 bits per heavy atom. The largest absolute Gasteiger partial charge is 0.394 e. The van der Waals surface area contributed by atoms with Crippen molar-refractivity contribution >= 4 is 5.91 Å². The summed E-state index contributed by atoms with van der Waals surface area (Å²) in [7, 11) is 1.65. The van der Waals surface area contributed by atoms with E-state index in [-0.39, 0.29) is 24.1 Å². The van der Waals surface area contributed by atoms with E-state index < -0.39 is 0 Å². The maximum Gasteiger partial charge on any atom is 0.221 e. The molecular formula is C11H22N2O2. The van der Waals surface area contributed by atoms with Crippen molar-refractivity contribution in [2.75, 3.05) is 13.7 Å². The zero-order valence-electron chi connectivity index (χ0n) is 9.68. The normalized spacial score (nSPS) is 21.3. The molecule has 0 spiro atoms. The first-order chi connectivity index (χ1) is 7.12. The number of aliphatic hydroxyl groups is 1. The van der Waals surface area contributed by atoms with Crippen molar-refractivity contribution in [1.82, 2.24) is 10.6 Å². The van der Waals surface area contributed by atoms with E-state index >= 15 is 0 Å². The molecule has 1 atom stereocenters. The van der Waals surface area contributed by atoms with Gasteiger partial charge in [0.2, 0.25) is 5.91 Å². The van der Waals surface area contributed by atoms with E-state index in [2.05, 4.69) is 10.6 Å². The molecule has 1 rings (SSSR count). The van der Waals surface area contributed by atoms with Gasteiger partial charge in [0, 0.05) is 25.0 Å². The smallest absolute Gasteiger partial charge is 0.221 e. The third kappa shape index (κ3) is 3.47. The van der Waals surface area contributed by atoms with Gasteiger partial charge in [-0.1, -0.05) is 12.8 Å². The molecule has 0 saturated heterocycles. The van der Waals surface area contributed by atoms with E-state index in [9.17, 15) is 9.90 Å². The van der Waals surface area contributed by atoms with Crippen LogP contribution in [-0.2, 0) is 4.79 Å². The molecule has 4 heteroatoms. The second-order valence-electron chi connectivity index (χ2n) is 4.57. The standard InChI is InChI=1S/C11H22N2O2/c1-9(7-10(15)12-2)13-11(8-14)5-3-4-6-11/h9,13-14H,3-8H2,1-2H3,(H,12,15). The van der Waals surface area contributed by atoms with Crippen LogP contribution in [0.3, 0.4) is 0 Å². The topological polar surface area (TPSA) is 61.4 Å². The molecule has 0 aromatic carbocycles. The van der Waals surface area contributed by atoms with Gasteiger partial charge in [0.05, 0.1) is 6.61 Å². The molecule has 1 saturated carbocycles. The van der Waals surface area contributed by atoms with Gasteiger partial charge in [0.15, 0.2) is 0 Å². The predicted octanol–water partition coefficient (Wildman–Crippen LogP) is 0.406. The number of nitrogens with one attached hydrogen (secondary N) is 2. The number of carbonyl (C=O) groups excluding carboxylic acids is 1. The zero-order valence-corrected chi connectivity index (χ0v) is 9.68. The zero-order chi connectivity index (χ0) is 11.3. The first kappa shape index (κ1) is 12.5. The molecule has 0 radical (unpaired) electrons. The van der Waals surface area contributed by atoms with Gasteiger partial charge in [0.25, 0.3) is 0 Å². The fourth-order valence-electron chi connectivity index (χ4n) is 2.35. The summed E-state index contributed by atoms with van der Waals surface area (Å²) in [4.78, 5) is 11.2. The lowest BCUT2D eigenvalue weighted by Crippen LogP contribution is -2.51. The summed E-state index contributed by atoms with van der Waals surface area (Å²) in [6.07, 6.45) is 4.84. The summed E-state index contributed by atoms with van der Waals surface area (Å²) in [5, 5.41) is 15.4. The summed E-state index contributed by atoms with van der Waals surface area (Å²) < 4.78 is 0. The molecule has 1 aliphatic carbocycles. The molecule has 1 fully saturated rings. The maximum absolute atomic E-state index is 11.2. The summed E-state index contributed by atoms with van der Waals surface area (Å²) >= 11 is 0. The van der Waals surface area contributed by atoms with Crippen molar-refractivity contribution in [2.24, 2.45) is 0 Å². The van der Waals surface area contributed by atoms with Gasteiger partial charge >= 0.3 is 0 Å². The van der Waals surface area contributed by atoms with Crippen LogP contribution in [0.1, 0.15) is 39.0 Å². The molecule has 1 amide bonds. The Morgan fingerprint density at radius 3 is 2.53 bits per heavy atom. The third-order valence-corrected chi connectivity index (χ3v) is 3.19. The molecule has 0 aromatic heterocycles. The van der Waals surface area contributed by atoms with E-state index in [4.69, 9.17) is 0 Å². The Morgan fingerprint density at radius 2 is 2.07 bits per heavy atom. The van der Waals surface area contributed by atoms with Crippen LogP contribution in [0, 0.1) is 0 Å². The van der Waals surface area contributed by atoms with Crippen molar-refractivity contribution in [2.45, 2.75) is 50.6 Å². The van der Waals surface area contributed by atoms with Crippen molar-refractivity contribution < 1.29 is 9.90 Å². The molecule has 1 aliphatic rings. The third-order valence-electron chi connectivity index (χ3n) is 3.19. The highest BCUT2D eigenvalue weighted by Gasteiger charge is 2.34. The highest BCUT2D eigenvalue weighted by molar-refractivity contribution is 5.76. The highest BCUT2D eigenvalue weighted by atomic mass is 16.3. The fraction of sp³-hybridized carbons (Fsp3) is 0.909. The van der Waals surface area contributed by atoms with Gasteiger partial charge in [-0.15, -0.1) is 0 Å².